The van der Waals surface area contributed by atoms with Crippen molar-refractivity contribution >= 4 is 35.6 Å². The summed E-state index contributed by atoms with van der Waals surface area (Å²) in [5.41, 5.74) is 2.01. The van der Waals surface area contributed by atoms with Crippen molar-refractivity contribution in [2.45, 2.75) is 11.0 Å². The summed E-state index contributed by atoms with van der Waals surface area (Å²) < 4.78 is 5.90. The molecule has 1 aromatic heterocycles. The number of benzene rings is 1. The molecule has 1 aliphatic heterocycles. The van der Waals surface area contributed by atoms with Gasteiger partial charge < -0.3 is 4.74 Å². The van der Waals surface area contributed by atoms with Crippen LogP contribution in [0.5, 0.6) is 5.75 Å². The Kier molecular flexibility index (Phi) is 5.77. The fourth-order valence-electron chi connectivity index (χ4n) is 2.22. The lowest BCUT2D eigenvalue weighted by Crippen LogP contribution is -2.08. The van der Waals surface area contributed by atoms with Crippen LogP contribution in [0.1, 0.15) is 22.1 Å². The first-order valence-electron chi connectivity index (χ1n) is 7.45. The van der Waals surface area contributed by atoms with Gasteiger partial charge in [0, 0.05) is 24.0 Å². The molecule has 0 bridgehead atoms. The molecule has 0 N–H and O–H groups in total. The van der Waals surface area contributed by atoms with Gasteiger partial charge in [0.2, 0.25) is 0 Å². The highest BCUT2D eigenvalue weighted by molar-refractivity contribution is 8.16. The van der Waals surface area contributed by atoms with E-state index in [2.05, 4.69) is 4.98 Å². The van der Waals surface area contributed by atoms with E-state index in [0.717, 1.165) is 22.6 Å². The standard InChI is InChI=1S/C18H17NO2S2/c20-17(7-6-14-8-10-19-11-9-14)21-16-5-2-1-4-15(16)18-22-12-3-13-23-18/h1-2,4-11,18H,3,12-13H2/b7-6-. The summed E-state index contributed by atoms with van der Waals surface area (Å²) in [6.45, 7) is 0. The Morgan fingerprint density at radius 2 is 1.87 bits per heavy atom. The van der Waals surface area contributed by atoms with Gasteiger partial charge in [0.05, 0.1) is 4.58 Å². The number of carbonyl (C=O) groups excluding carboxylic acids is 1. The number of hydrogen-bond donors (Lipinski definition) is 0. The van der Waals surface area contributed by atoms with E-state index in [1.165, 1.54) is 12.5 Å². The number of pyridine rings is 1. The molecule has 1 aromatic carbocycles. The highest BCUT2D eigenvalue weighted by atomic mass is 32.2. The Labute approximate surface area is 144 Å². The second-order valence-electron chi connectivity index (χ2n) is 5.00. The van der Waals surface area contributed by atoms with E-state index in [1.54, 1.807) is 18.5 Å². The molecule has 23 heavy (non-hydrogen) atoms. The van der Waals surface area contributed by atoms with Gasteiger partial charge in [0.1, 0.15) is 5.75 Å². The Morgan fingerprint density at radius 1 is 1.13 bits per heavy atom. The highest BCUT2D eigenvalue weighted by Gasteiger charge is 2.20. The van der Waals surface area contributed by atoms with Crippen LogP contribution in [0.3, 0.4) is 0 Å². The zero-order valence-corrected chi connectivity index (χ0v) is 14.2. The van der Waals surface area contributed by atoms with Gasteiger partial charge in [-0.25, -0.2) is 4.79 Å². The van der Waals surface area contributed by atoms with Crippen molar-refractivity contribution in [3.63, 3.8) is 0 Å². The second-order valence-corrected chi connectivity index (χ2v) is 7.72. The van der Waals surface area contributed by atoms with Gasteiger partial charge in [-0.15, -0.1) is 23.5 Å². The fourth-order valence-corrected chi connectivity index (χ4v) is 5.16. The van der Waals surface area contributed by atoms with E-state index in [9.17, 15) is 4.79 Å². The van der Waals surface area contributed by atoms with Crippen molar-refractivity contribution in [2.24, 2.45) is 0 Å². The minimum absolute atomic E-state index is 0.344. The van der Waals surface area contributed by atoms with Crippen molar-refractivity contribution in [3.05, 3.63) is 66.0 Å². The number of aromatic nitrogens is 1. The van der Waals surface area contributed by atoms with Gasteiger partial charge in [-0.3, -0.25) is 4.98 Å². The molecule has 0 saturated carbocycles. The van der Waals surface area contributed by atoms with Crippen LogP contribution in [0.2, 0.25) is 0 Å². The highest BCUT2D eigenvalue weighted by Crippen LogP contribution is 2.46. The molecule has 0 amide bonds. The van der Waals surface area contributed by atoms with E-state index >= 15 is 0 Å². The van der Waals surface area contributed by atoms with Crippen LogP contribution >= 0.6 is 23.5 Å². The third-order valence-corrected chi connectivity index (χ3v) is 6.31. The summed E-state index contributed by atoms with van der Waals surface area (Å²) in [5, 5.41) is 0. The molecule has 0 radical (unpaired) electrons. The normalized spacial score (nSPS) is 15.7. The Bertz CT molecular complexity index is 682. The van der Waals surface area contributed by atoms with Crippen LogP contribution in [0, 0.1) is 0 Å². The first kappa shape index (κ1) is 16.1. The zero-order valence-electron chi connectivity index (χ0n) is 12.6. The number of rotatable bonds is 4. The summed E-state index contributed by atoms with van der Waals surface area (Å²) in [5.74, 6) is 2.60. The van der Waals surface area contributed by atoms with E-state index in [4.69, 9.17) is 4.74 Å². The average molecular weight is 343 g/mol. The van der Waals surface area contributed by atoms with Gasteiger partial charge in [0.15, 0.2) is 0 Å². The lowest BCUT2D eigenvalue weighted by molar-refractivity contribution is -0.128. The quantitative estimate of drug-likeness (QED) is 0.462. The van der Waals surface area contributed by atoms with Crippen LogP contribution in [0.25, 0.3) is 6.08 Å². The first-order valence-corrected chi connectivity index (χ1v) is 9.55. The number of thioether (sulfide) groups is 2. The van der Waals surface area contributed by atoms with Crippen molar-refractivity contribution < 1.29 is 9.53 Å². The van der Waals surface area contributed by atoms with E-state index in [-0.39, 0.29) is 5.97 Å². The summed E-state index contributed by atoms with van der Waals surface area (Å²) in [7, 11) is 0. The molecular formula is C18H17NO2S2. The second kappa shape index (κ2) is 8.22. The predicted octanol–water partition coefficient (Wildman–Crippen LogP) is 4.57. The molecule has 3 nitrogen and oxygen atoms in total. The monoisotopic (exact) mass is 343 g/mol. The van der Waals surface area contributed by atoms with E-state index < -0.39 is 0 Å². The number of hydrogen-bond acceptors (Lipinski definition) is 5. The molecule has 1 fully saturated rings. The topological polar surface area (TPSA) is 39.2 Å². The molecular weight excluding hydrogens is 326 g/mol. The van der Waals surface area contributed by atoms with Gasteiger partial charge in [-0.2, -0.15) is 0 Å². The molecule has 118 valence electrons. The SMILES string of the molecule is O=C(/C=C\c1ccncc1)Oc1ccccc1C1SCCCS1. The molecule has 0 unspecified atom stereocenters. The summed E-state index contributed by atoms with van der Waals surface area (Å²) in [6.07, 6.45) is 7.81. The average Bonchev–Trinajstić information content (AvgIpc) is 2.62. The summed E-state index contributed by atoms with van der Waals surface area (Å²) in [6, 6.07) is 11.5. The minimum atomic E-state index is -0.361. The maximum Gasteiger partial charge on any atom is 0.336 e. The van der Waals surface area contributed by atoms with Gasteiger partial charge >= 0.3 is 5.97 Å². The van der Waals surface area contributed by atoms with Crippen LogP contribution < -0.4 is 4.74 Å². The van der Waals surface area contributed by atoms with Crippen LogP contribution in [0.4, 0.5) is 0 Å². The Hall–Kier alpha value is -1.72. The number of para-hydroxylation sites is 1. The molecule has 1 saturated heterocycles. The molecule has 2 heterocycles. The maximum absolute atomic E-state index is 12.1. The van der Waals surface area contributed by atoms with Gasteiger partial charge in [-0.1, -0.05) is 18.2 Å². The van der Waals surface area contributed by atoms with Crippen molar-refractivity contribution in [3.8, 4) is 5.75 Å². The lowest BCUT2D eigenvalue weighted by Gasteiger charge is -2.22. The molecule has 0 aliphatic carbocycles. The molecule has 0 spiro atoms. The lowest BCUT2D eigenvalue weighted by atomic mass is 10.2. The Balaban J connectivity index is 1.70. The van der Waals surface area contributed by atoms with Crippen molar-refractivity contribution in [1.29, 1.82) is 0 Å². The number of carbonyl (C=O) groups is 1. The third kappa shape index (κ3) is 4.62. The smallest absolute Gasteiger partial charge is 0.336 e. The fraction of sp³-hybridized carbons (Fsp3) is 0.222. The molecule has 5 heteroatoms. The molecule has 3 rings (SSSR count). The zero-order chi connectivity index (χ0) is 15.9. The number of esters is 1. The van der Waals surface area contributed by atoms with E-state index in [0.29, 0.717) is 10.3 Å². The Morgan fingerprint density at radius 3 is 2.65 bits per heavy atom. The number of nitrogens with zero attached hydrogens (tertiary/aromatic N) is 1. The van der Waals surface area contributed by atoms with Crippen LogP contribution in [-0.2, 0) is 4.79 Å². The molecule has 2 aromatic rings. The number of ether oxygens (including phenoxy) is 1. The van der Waals surface area contributed by atoms with Gasteiger partial charge in [-0.05, 0) is 47.8 Å². The molecule has 0 atom stereocenters. The summed E-state index contributed by atoms with van der Waals surface area (Å²) >= 11 is 3.83. The van der Waals surface area contributed by atoms with Crippen molar-refractivity contribution in [2.75, 3.05) is 11.5 Å². The maximum atomic E-state index is 12.1. The van der Waals surface area contributed by atoms with Crippen LogP contribution in [-0.4, -0.2) is 22.5 Å². The summed E-state index contributed by atoms with van der Waals surface area (Å²) in [4.78, 5) is 16.0. The predicted molar refractivity (Wildman–Crippen MR) is 97.6 cm³/mol. The minimum Gasteiger partial charge on any atom is -0.423 e. The van der Waals surface area contributed by atoms with Gasteiger partial charge in [0.25, 0.3) is 0 Å². The molecule has 1 aliphatic rings. The van der Waals surface area contributed by atoms with E-state index in [1.807, 2.05) is 59.9 Å². The van der Waals surface area contributed by atoms with Crippen molar-refractivity contribution in [1.82, 2.24) is 4.98 Å². The van der Waals surface area contributed by atoms with Crippen LogP contribution in [0.15, 0.2) is 54.9 Å². The first-order chi connectivity index (χ1) is 11.3. The third-order valence-electron chi connectivity index (χ3n) is 3.33. The largest absolute Gasteiger partial charge is 0.423 e.